The summed E-state index contributed by atoms with van der Waals surface area (Å²) in [4.78, 5) is 25.9. The van der Waals surface area contributed by atoms with E-state index >= 15 is 0 Å². The number of aliphatic carboxylic acids is 1. The first kappa shape index (κ1) is 16.5. The number of aliphatic hydroxyl groups is 1. The molecule has 1 amide bonds. The topological polar surface area (TPSA) is 77.8 Å². The van der Waals surface area contributed by atoms with Crippen LogP contribution >= 0.6 is 15.9 Å². The molecule has 1 aromatic rings. The number of nitrogens with zero attached hydrogens (tertiary/aromatic N) is 1. The first-order valence-electron chi connectivity index (χ1n) is 7.89. The van der Waals surface area contributed by atoms with Crippen LogP contribution in [0.3, 0.4) is 0 Å². The fraction of sp³-hybridized carbons (Fsp3) is 0.529. The van der Waals surface area contributed by atoms with E-state index in [2.05, 4.69) is 15.9 Å². The van der Waals surface area contributed by atoms with Gasteiger partial charge in [-0.05, 0) is 30.5 Å². The first-order chi connectivity index (χ1) is 10.9. The largest absolute Gasteiger partial charge is 0.479 e. The summed E-state index contributed by atoms with van der Waals surface area (Å²) in [5.41, 5.74) is -1.14. The molecule has 2 N–H and O–H groups in total. The fourth-order valence-electron chi connectivity index (χ4n) is 3.52. The minimum Gasteiger partial charge on any atom is -0.479 e. The zero-order valence-electron chi connectivity index (χ0n) is 12.8. The van der Waals surface area contributed by atoms with Gasteiger partial charge in [-0.3, -0.25) is 4.79 Å². The highest BCUT2D eigenvalue weighted by atomic mass is 79.9. The van der Waals surface area contributed by atoms with Crippen molar-refractivity contribution in [3.05, 3.63) is 34.3 Å². The van der Waals surface area contributed by atoms with Gasteiger partial charge in [-0.1, -0.05) is 34.5 Å². The van der Waals surface area contributed by atoms with Crippen LogP contribution in [-0.4, -0.2) is 45.7 Å². The van der Waals surface area contributed by atoms with Crippen molar-refractivity contribution in [1.29, 1.82) is 0 Å². The van der Waals surface area contributed by atoms with E-state index in [0.29, 0.717) is 13.1 Å². The van der Waals surface area contributed by atoms with Gasteiger partial charge in [-0.15, -0.1) is 0 Å². The average Bonchev–Trinajstić information content (AvgIpc) is 2.48. The molecule has 0 bridgehead atoms. The van der Waals surface area contributed by atoms with Crippen LogP contribution in [0.25, 0.3) is 0 Å². The molecular weight excluding hydrogens is 362 g/mol. The lowest BCUT2D eigenvalue weighted by Gasteiger charge is -2.46. The summed E-state index contributed by atoms with van der Waals surface area (Å²) in [6.07, 6.45) is 2.85. The first-order valence-corrected chi connectivity index (χ1v) is 8.68. The van der Waals surface area contributed by atoms with E-state index in [0.717, 1.165) is 29.3 Å². The Balaban J connectivity index is 1.77. The molecule has 0 aromatic heterocycles. The predicted molar refractivity (Wildman–Crippen MR) is 88.1 cm³/mol. The Bertz CT molecular complexity index is 616. The fourth-order valence-corrected chi connectivity index (χ4v) is 3.79. The standard InChI is InChI=1S/C17H20BrNO4/c18-13-4-2-12(3-5-13)16(6-1-7-16)14(20)19-10-8-17(23,9-11-19)15(21)22/h2-5,23H,1,6-11H2,(H,21,22). The maximum Gasteiger partial charge on any atom is 0.335 e. The van der Waals surface area contributed by atoms with Crippen LogP contribution in [0.4, 0.5) is 0 Å². The molecule has 23 heavy (non-hydrogen) atoms. The number of rotatable bonds is 3. The van der Waals surface area contributed by atoms with Crippen LogP contribution in [0.1, 0.15) is 37.7 Å². The quantitative estimate of drug-likeness (QED) is 0.841. The molecule has 1 aliphatic carbocycles. The maximum absolute atomic E-state index is 13.1. The molecule has 1 aromatic carbocycles. The van der Waals surface area contributed by atoms with E-state index in [1.807, 2.05) is 24.3 Å². The number of carboxylic acid groups (broad SMARTS) is 1. The zero-order valence-corrected chi connectivity index (χ0v) is 14.4. The van der Waals surface area contributed by atoms with Crippen molar-refractivity contribution >= 4 is 27.8 Å². The van der Waals surface area contributed by atoms with Crippen molar-refractivity contribution < 1.29 is 19.8 Å². The summed E-state index contributed by atoms with van der Waals surface area (Å²) >= 11 is 3.41. The predicted octanol–water partition coefficient (Wildman–Crippen LogP) is 2.31. The van der Waals surface area contributed by atoms with Crippen LogP contribution in [0.5, 0.6) is 0 Å². The lowest BCUT2D eigenvalue weighted by atomic mass is 9.63. The van der Waals surface area contributed by atoms with Crippen LogP contribution in [0.15, 0.2) is 28.7 Å². The van der Waals surface area contributed by atoms with Gasteiger partial charge in [-0.25, -0.2) is 4.79 Å². The number of likely N-dealkylation sites (tertiary alicyclic amines) is 1. The molecule has 1 saturated heterocycles. The van der Waals surface area contributed by atoms with E-state index in [1.165, 1.54) is 0 Å². The van der Waals surface area contributed by atoms with Gasteiger partial charge in [0.1, 0.15) is 0 Å². The molecule has 124 valence electrons. The summed E-state index contributed by atoms with van der Waals surface area (Å²) in [5.74, 6) is -1.13. The molecule has 2 fully saturated rings. The smallest absolute Gasteiger partial charge is 0.335 e. The van der Waals surface area contributed by atoms with Crippen molar-refractivity contribution in [2.24, 2.45) is 0 Å². The molecule has 3 rings (SSSR count). The normalized spacial score (nSPS) is 22.3. The monoisotopic (exact) mass is 381 g/mol. The number of hydrogen-bond acceptors (Lipinski definition) is 3. The third-order valence-electron chi connectivity index (χ3n) is 5.29. The highest BCUT2D eigenvalue weighted by molar-refractivity contribution is 9.10. The highest BCUT2D eigenvalue weighted by Gasteiger charge is 2.49. The van der Waals surface area contributed by atoms with Gasteiger partial charge in [0, 0.05) is 30.4 Å². The van der Waals surface area contributed by atoms with Crippen molar-refractivity contribution in [3.63, 3.8) is 0 Å². The van der Waals surface area contributed by atoms with Crippen LogP contribution in [0.2, 0.25) is 0 Å². The van der Waals surface area contributed by atoms with Crippen molar-refractivity contribution in [3.8, 4) is 0 Å². The minimum atomic E-state index is -1.69. The minimum absolute atomic E-state index is 0.0681. The lowest BCUT2D eigenvalue weighted by molar-refractivity contribution is -0.166. The van der Waals surface area contributed by atoms with E-state index in [1.54, 1.807) is 4.90 Å². The Labute approximate surface area is 143 Å². The Morgan fingerprint density at radius 3 is 2.04 bits per heavy atom. The van der Waals surface area contributed by atoms with Crippen LogP contribution < -0.4 is 0 Å². The second-order valence-corrected chi connectivity index (χ2v) is 7.49. The molecular formula is C17H20BrNO4. The second kappa shape index (κ2) is 5.91. The van der Waals surface area contributed by atoms with Gasteiger partial charge < -0.3 is 15.1 Å². The number of benzene rings is 1. The summed E-state index contributed by atoms with van der Waals surface area (Å²) in [6.45, 7) is 0.583. The zero-order chi connectivity index (χ0) is 16.7. The van der Waals surface area contributed by atoms with E-state index in [9.17, 15) is 14.7 Å². The molecule has 0 spiro atoms. The van der Waals surface area contributed by atoms with Crippen LogP contribution in [-0.2, 0) is 15.0 Å². The van der Waals surface area contributed by atoms with Gasteiger partial charge in [-0.2, -0.15) is 0 Å². The number of halogens is 1. The molecule has 5 nitrogen and oxygen atoms in total. The molecule has 6 heteroatoms. The number of amides is 1. The molecule has 0 radical (unpaired) electrons. The summed E-state index contributed by atoms with van der Waals surface area (Å²) in [5, 5.41) is 19.1. The number of carbonyl (C=O) groups is 2. The van der Waals surface area contributed by atoms with E-state index in [-0.39, 0.29) is 18.7 Å². The molecule has 0 unspecified atom stereocenters. The van der Waals surface area contributed by atoms with E-state index in [4.69, 9.17) is 5.11 Å². The SMILES string of the molecule is O=C(O)C1(O)CCN(C(=O)C2(c3ccc(Br)cc3)CCC2)CC1. The Morgan fingerprint density at radius 2 is 1.61 bits per heavy atom. The number of piperidine rings is 1. The number of carbonyl (C=O) groups excluding carboxylic acids is 1. The van der Waals surface area contributed by atoms with Crippen molar-refractivity contribution in [2.75, 3.05) is 13.1 Å². The maximum atomic E-state index is 13.1. The number of hydrogen-bond donors (Lipinski definition) is 2. The third-order valence-corrected chi connectivity index (χ3v) is 5.82. The Hall–Kier alpha value is -1.40. The van der Waals surface area contributed by atoms with Gasteiger partial charge in [0.25, 0.3) is 0 Å². The lowest BCUT2D eigenvalue weighted by Crippen LogP contribution is -2.57. The summed E-state index contributed by atoms with van der Waals surface area (Å²) in [7, 11) is 0. The van der Waals surface area contributed by atoms with Gasteiger partial charge in [0.05, 0.1) is 5.41 Å². The van der Waals surface area contributed by atoms with Crippen LogP contribution in [0, 0.1) is 0 Å². The van der Waals surface area contributed by atoms with Crippen molar-refractivity contribution in [2.45, 2.75) is 43.1 Å². The highest BCUT2D eigenvalue weighted by Crippen LogP contribution is 2.46. The summed E-state index contributed by atoms with van der Waals surface area (Å²) in [6, 6.07) is 7.86. The molecule has 1 heterocycles. The Morgan fingerprint density at radius 1 is 1.04 bits per heavy atom. The van der Waals surface area contributed by atoms with E-state index < -0.39 is 17.0 Å². The third kappa shape index (κ3) is 2.78. The van der Waals surface area contributed by atoms with Gasteiger partial charge in [0.15, 0.2) is 5.60 Å². The Kier molecular flexibility index (Phi) is 4.23. The summed E-state index contributed by atoms with van der Waals surface area (Å²) < 4.78 is 0.979. The van der Waals surface area contributed by atoms with Crippen molar-refractivity contribution in [1.82, 2.24) is 4.90 Å². The molecule has 1 aliphatic heterocycles. The molecule has 1 saturated carbocycles. The van der Waals surface area contributed by atoms with Gasteiger partial charge in [0.2, 0.25) is 5.91 Å². The number of carboxylic acids is 1. The molecule has 0 atom stereocenters. The second-order valence-electron chi connectivity index (χ2n) is 6.57. The van der Waals surface area contributed by atoms with Gasteiger partial charge >= 0.3 is 5.97 Å². The molecule has 2 aliphatic rings. The average molecular weight is 382 g/mol.